The quantitative estimate of drug-likeness (QED) is 0.709. The van der Waals surface area contributed by atoms with Gasteiger partial charge in [0.2, 0.25) is 17.7 Å². The predicted molar refractivity (Wildman–Crippen MR) is 83.8 cm³/mol. The zero-order chi connectivity index (χ0) is 16.9. The lowest BCUT2D eigenvalue weighted by Gasteiger charge is -2.35. The number of piperazine rings is 1. The molecule has 0 aliphatic carbocycles. The van der Waals surface area contributed by atoms with Crippen LogP contribution in [0.4, 0.5) is 0 Å². The molecule has 1 rings (SSSR count). The Morgan fingerprint density at radius 1 is 1.00 bits per heavy atom. The molecule has 1 aliphatic heterocycles. The highest BCUT2D eigenvalue weighted by atomic mass is 16.2. The van der Waals surface area contributed by atoms with Crippen LogP contribution >= 0.6 is 0 Å². The first-order valence-corrected chi connectivity index (χ1v) is 7.84. The topological polar surface area (TPSA) is 95.7 Å². The van der Waals surface area contributed by atoms with Gasteiger partial charge in [-0.15, -0.1) is 0 Å². The molecular weight excluding hydrogens is 284 g/mol. The highest BCUT2D eigenvalue weighted by Crippen LogP contribution is 2.07. The van der Waals surface area contributed by atoms with Gasteiger partial charge in [-0.05, 0) is 5.92 Å². The molecule has 0 aromatic carbocycles. The minimum Gasteiger partial charge on any atom is -0.346 e. The summed E-state index contributed by atoms with van der Waals surface area (Å²) in [6.07, 6.45) is 0. The van der Waals surface area contributed by atoms with Crippen molar-refractivity contribution in [1.29, 1.82) is 0 Å². The van der Waals surface area contributed by atoms with Crippen molar-refractivity contribution in [1.82, 2.24) is 15.1 Å². The fourth-order valence-electron chi connectivity index (χ4n) is 2.24. The van der Waals surface area contributed by atoms with Crippen LogP contribution in [0.15, 0.2) is 0 Å². The predicted octanol–water partition coefficient (Wildman–Crippen LogP) is -0.587. The lowest BCUT2D eigenvalue weighted by atomic mass is 10.1. The van der Waals surface area contributed by atoms with Crippen molar-refractivity contribution >= 4 is 17.7 Å². The molecule has 22 heavy (non-hydrogen) atoms. The Kier molecular flexibility index (Phi) is 6.80. The summed E-state index contributed by atoms with van der Waals surface area (Å²) >= 11 is 0. The number of hydrogen-bond acceptors (Lipinski definition) is 4. The summed E-state index contributed by atoms with van der Waals surface area (Å²) in [5.74, 6) is -0.332. The molecule has 0 spiro atoms. The van der Waals surface area contributed by atoms with E-state index in [1.807, 2.05) is 27.7 Å². The average Bonchev–Trinajstić information content (AvgIpc) is 2.50. The van der Waals surface area contributed by atoms with E-state index in [2.05, 4.69) is 5.32 Å². The molecule has 1 saturated heterocycles. The molecule has 0 aromatic rings. The van der Waals surface area contributed by atoms with Crippen LogP contribution in [0.1, 0.15) is 27.7 Å². The van der Waals surface area contributed by atoms with Gasteiger partial charge < -0.3 is 20.9 Å². The molecule has 1 heterocycles. The molecule has 7 nitrogen and oxygen atoms in total. The van der Waals surface area contributed by atoms with Crippen molar-refractivity contribution in [2.75, 3.05) is 32.7 Å². The Labute approximate surface area is 132 Å². The number of carbonyl (C=O) groups excluding carboxylic acids is 3. The third-order valence-corrected chi connectivity index (χ3v) is 3.87. The Balaban J connectivity index is 2.37. The van der Waals surface area contributed by atoms with Crippen LogP contribution in [0.3, 0.4) is 0 Å². The molecule has 126 valence electrons. The van der Waals surface area contributed by atoms with Gasteiger partial charge in [0.05, 0.1) is 12.6 Å². The Morgan fingerprint density at radius 2 is 1.50 bits per heavy atom. The summed E-state index contributed by atoms with van der Waals surface area (Å²) in [6.45, 7) is 9.50. The standard InChI is InChI=1S/C15H28N4O3/c1-10(2)13(16)14(21)17-9-12(20)18-5-7-19(8-6-18)15(22)11(3)4/h10-11,13H,5-9,16H2,1-4H3,(H,17,21)/t13-/m0/s1. The molecule has 0 saturated carbocycles. The van der Waals surface area contributed by atoms with E-state index >= 15 is 0 Å². The third kappa shape index (κ3) is 4.98. The summed E-state index contributed by atoms with van der Waals surface area (Å²) < 4.78 is 0. The SMILES string of the molecule is CC(C)C(=O)N1CCN(C(=O)CNC(=O)[C@@H](N)C(C)C)CC1. The molecule has 0 aromatic heterocycles. The summed E-state index contributed by atoms with van der Waals surface area (Å²) in [7, 11) is 0. The van der Waals surface area contributed by atoms with Crippen LogP contribution < -0.4 is 11.1 Å². The second kappa shape index (κ2) is 8.12. The van der Waals surface area contributed by atoms with Gasteiger partial charge in [0, 0.05) is 32.1 Å². The van der Waals surface area contributed by atoms with E-state index < -0.39 is 6.04 Å². The number of nitrogens with zero attached hydrogens (tertiary/aromatic N) is 2. The summed E-state index contributed by atoms with van der Waals surface area (Å²) in [4.78, 5) is 39.1. The number of hydrogen-bond donors (Lipinski definition) is 2. The summed E-state index contributed by atoms with van der Waals surface area (Å²) in [6, 6.07) is -0.603. The van der Waals surface area contributed by atoms with Crippen LogP contribution in [-0.4, -0.2) is 66.3 Å². The number of amides is 3. The molecule has 0 radical (unpaired) electrons. The maximum absolute atomic E-state index is 12.1. The fraction of sp³-hybridized carbons (Fsp3) is 0.800. The monoisotopic (exact) mass is 312 g/mol. The first kappa shape index (κ1) is 18.4. The zero-order valence-electron chi connectivity index (χ0n) is 14.0. The van der Waals surface area contributed by atoms with E-state index in [4.69, 9.17) is 5.73 Å². The second-order valence-corrected chi connectivity index (χ2v) is 6.35. The zero-order valence-corrected chi connectivity index (χ0v) is 14.0. The maximum Gasteiger partial charge on any atom is 0.242 e. The van der Waals surface area contributed by atoms with Gasteiger partial charge in [0.25, 0.3) is 0 Å². The first-order chi connectivity index (χ1) is 10.2. The second-order valence-electron chi connectivity index (χ2n) is 6.35. The highest BCUT2D eigenvalue weighted by Gasteiger charge is 2.26. The third-order valence-electron chi connectivity index (χ3n) is 3.87. The van der Waals surface area contributed by atoms with Gasteiger partial charge in [0.1, 0.15) is 0 Å². The van der Waals surface area contributed by atoms with Crippen LogP contribution in [0.5, 0.6) is 0 Å². The Morgan fingerprint density at radius 3 is 1.95 bits per heavy atom. The van der Waals surface area contributed by atoms with Crippen molar-refractivity contribution in [2.24, 2.45) is 17.6 Å². The Bertz CT molecular complexity index is 415. The van der Waals surface area contributed by atoms with Gasteiger partial charge in [0.15, 0.2) is 0 Å². The molecule has 3 N–H and O–H groups in total. The van der Waals surface area contributed by atoms with E-state index in [1.165, 1.54) is 0 Å². The van der Waals surface area contributed by atoms with Crippen LogP contribution in [0.2, 0.25) is 0 Å². The van der Waals surface area contributed by atoms with E-state index in [0.29, 0.717) is 26.2 Å². The van der Waals surface area contributed by atoms with E-state index in [9.17, 15) is 14.4 Å². The lowest BCUT2D eigenvalue weighted by molar-refractivity contribution is -0.141. The summed E-state index contributed by atoms with van der Waals surface area (Å²) in [5.41, 5.74) is 5.72. The highest BCUT2D eigenvalue weighted by molar-refractivity contribution is 5.87. The Hall–Kier alpha value is -1.63. The van der Waals surface area contributed by atoms with Crippen LogP contribution in [0, 0.1) is 11.8 Å². The number of carbonyl (C=O) groups is 3. The van der Waals surface area contributed by atoms with Gasteiger partial charge >= 0.3 is 0 Å². The van der Waals surface area contributed by atoms with E-state index in [0.717, 1.165) is 0 Å². The number of rotatable bonds is 5. The van der Waals surface area contributed by atoms with Crippen LogP contribution in [-0.2, 0) is 14.4 Å². The van der Waals surface area contributed by atoms with Crippen molar-refractivity contribution < 1.29 is 14.4 Å². The lowest BCUT2D eigenvalue weighted by Crippen LogP contribution is -2.54. The van der Waals surface area contributed by atoms with E-state index in [-0.39, 0.29) is 36.1 Å². The molecule has 1 atom stereocenters. The number of nitrogens with one attached hydrogen (secondary N) is 1. The average molecular weight is 312 g/mol. The minimum absolute atomic E-state index is 0.0284. The van der Waals surface area contributed by atoms with Crippen LogP contribution in [0.25, 0.3) is 0 Å². The van der Waals surface area contributed by atoms with Gasteiger partial charge in [-0.2, -0.15) is 0 Å². The van der Waals surface area contributed by atoms with Gasteiger partial charge in [-0.25, -0.2) is 0 Å². The molecule has 1 fully saturated rings. The van der Waals surface area contributed by atoms with Gasteiger partial charge in [-0.1, -0.05) is 27.7 Å². The first-order valence-electron chi connectivity index (χ1n) is 7.84. The smallest absolute Gasteiger partial charge is 0.242 e. The largest absolute Gasteiger partial charge is 0.346 e. The van der Waals surface area contributed by atoms with Crippen molar-refractivity contribution in [3.05, 3.63) is 0 Å². The molecule has 1 aliphatic rings. The molecule has 0 unspecified atom stereocenters. The van der Waals surface area contributed by atoms with Crippen molar-refractivity contribution in [3.8, 4) is 0 Å². The van der Waals surface area contributed by atoms with Crippen molar-refractivity contribution in [3.63, 3.8) is 0 Å². The van der Waals surface area contributed by atoms with Gasteiger partial charge in [-0.3, -0.25) is 14.4 Å². The van der Waals surface area contributed by atoms with E-state index in [1.54, 1.807) is 9.80 Å². The minimum atomic E-state index is -0.603. The normalized spacial score (nSPS) is 16.9. The fourth-order valence-corrected chi connectivity index (χ4v) is 2.24. The molecule has 0 bridgehead atoms. The maximum atomic E-state index is 12.1. The number of nitrogens with two attached hydrogens (primary N) is 1. The molecule has 3 amide bonds. The van der Waals surface area contributed by atoms with Crippen molar-refractivity contribution in [2.45, 2.75) is 33.7 Å². The molecular formula is C15H28N4O3. The molecule has 7 heteroatoms. The summed E-state index contributed by atoms with van der Waals surface area (Å²) in [5, 5.41) is 2.58.